The summed E-state index contributed by atoms with van der Waals surface area (Å²) in [6, 6.07) is 8.05. The van der Waals surface area contributed by atoms with Gasteiger partial charge in [-0.1, -0.05) is 6.07 Å². The lowest BCUT2D eigenvalue weighted by Gasteiger charge is -2.09. The minimum absolute atomic E-state index is 0.0503. The van der Waals surface area contributed by atoms with Crippen LogP contribution < -0.4 is 15.4 Å². The molecule has 17 heavy (non-hydrogen) atoms. The summed E-state index contributed by atoms with van der Waals surface area (Å²) >= 11 is 0. The van der Waals surface area contributed by atoms with Gasteiger partial charge in [-0.15, -0.1) is 0 Å². The molecule has 2 N–H and O–H groups in total. The van der Waals surface area contributed by atoms with Gasteiger partial charge in [-0.3, -0.25) is 4.79 Å². The summed E-state index contributed by atoms with van der Waals surface area (Å²) in [7, 11) is 0. The first-order valence-electron chi connectivity index (χ1n) is 6.04. The van der Waals surface area contributed by atoms with E-state index in [0.29, 0.717) is 19.2 Å². The molecule has 92 valence electrons. The fraction of sp³-hybridized carbons (Fsp3) is 0.462. The van der Waals surface area contributed by atoms with Crippen LogP contribution in [0.2, 0.25) is 0 Å². The van der Waals surface area contributed by atoms with Crippen molar-refractivity contribution in [3.8, 4) is 5.75 Å². The van der Waals surface area contributed by atoms with Crippen LogP contribution in [0.15, 0.2) is 24.3 Å². The van der Waals surface area contributed by atoms with Crippen LogP contribution in [0.5, 0.6) is 5.75 Å². The molecule has 1 saturated carbocycles. The zero-order valence-electron chi connectivity index (χ0n) is 10.0. The van der Waals surface area contributed by atoms with Gasteiger partial charge in [0.25, 0.3) is 0 Å². The summed E-state index contributed by atoms with van der Waals surface area (Å²) in [5.41, 5.74) is 0.905. The van der Waals surface area contributed by atoms with E-state index in [9.17, 15) is 4.79 Å². The highest BCUT2D eigenvalue weighted by Gasteiger charge is 2.22. The van der Waals surface area contributed by atoms with Gasteiger partial charge in [-0.05, 0) is 31.9 Å². The van der Waals surface area contributed by atoms with Gasteiger partial charge >= 0.3 is 0 Å². The van der Waals surface area contributed by atoms with Crippen molar-refractivity contribution in [3.63, 3.8) is 0 Å². The summed E-state index contributed by atoms with van der Waals surface area (Å²) in [5, 5.41) is 6.02. The molecular weight excluding hydrogens is 216 g/mol. The number of hydrogen-bond donors (Lipinski definition) is 2. The van der Waals surface area contributed by atoms with Gasteiger partial charge in [-0.2, -0.15) is 0 Å². The van der Waals surface area contributed by atoms with Gasteiger partial charge in [0.1, 0.15) is 5.75 Å². The standard InChI is InChI=1S/C13H18N2O2/c1-2-17-12-5-3-4-11(8-12)14-9-13(16)15-10-6-7-10/h3-5,8,10,14H,2,6-7,9H2,1H3,(H,15,16). The average Bonchev–Trinajstić information content (AvgIpc) is 3.11. The van der Waals surface area contributed by atoms with Gasteiger partial charge in [-0.25, -0.2) is 0 Å². The zero-order chi connectivity index (χ0) is 12.1. The molecule has 0 saturated heterocycles. The second-order valence-corrected chi connectivity index (χ2v) is 4.16. The molecule has 0 heterocycles. The Balaban J connectivity index is 1.80. The van der Waals surface area contributed by atoms with Crippen LogP contribution in [0, 0.1) is 0 Å². The number of amides is 1. The number of carbonyl (C=O) groups is 1. The number of carbonyl (C=O) groups excluding carboxylic acids is 1. The molecular formula is C13H18N2O2. The molecule has 0 spiro atoms. The largest absolute Gasteiger partial charge is 0.494 e. The van der Waals surface area contributed by atoms with Crippen molar-refractivity contribution < 1.29 is 9.53 Å². The van der Waals surface area contributed by atoms with Crippen molar-refractivity contribution in [3.05, 3.63) is 24.3 Å². The molecule has 4 heteroatoms. The van der Waals surface area contributed by atoms with E-state index in [-0.39, 0.29) is 5.91 Å². The van der Waals surface area contributed by atoms with Crippen LogP contribution in [0.4, 0.5) is 5.69 Å². The molecule has 0 unspecified atom stereocenters. The first-order chi connectivity index (χ1) is 8.28. The molecule has 4 nitrogen and oxygen atoms in total. The highest BCUT2D eigenvalue weighted by Crippen LogP contribution is 2.19. The Bertz CT molecular complexity index is 389. The van der Waals surface area contributed by atoms with Crippen LogP contribution in [-0.2, 0) is 4.79 Å². The number of anilines is 1. The Labute approximate surface area is 101 Å². The second kappa shape index (κ2) is 5.57. The number of hydrogen-bond acceptors (Lipinski definition) is 3. The molecule has 1 aliphatic rings. The lowest BCUT2D eigenvalue weighted by Crippen LogP contribution is -2.31. The van der Waals surface area contributed by atoms with Crippen LogP contribution in [0.3, 0.4) is 0 Å². The Morgan fingerprint density at radius 3 is 3.00 bits per heavy atom. The quantitative estimate of drug-likeness (QED) is 0.788. The third-order valence-corrected chi connectivity index (χ3v) is 2.54. The molecule has 0 aliphatic heterocycles. The van der Waals surface area contributed by atoms with Gasteiger partial charge < -0.3 is 15.4 Å². The molecule has 0 bridgehead atoms. The minimum Gasteiger partial charge on any atom is -0.494 e. The minimum atomic E-state index is 0.0503. The Kier molecular flexibility index (Phi) is 3.85. The lowest BCUT2D eigenvalue weighted by atomic mass is 10.3. The third kappa shape index (κ3) is 3.98. The van der Waals surface area contributed by atoms with E-state index in [2.05, 4.69) is 10.6 Å². The van der Waals surface area contributed by atoms with Crippen molar-refractivity contribution in [2.75, 3.05) is 18.5 Å². The molecule has 0 aromatic heterocycles. The number of nitrogens with one attached hydrogen (secondary N) is 2. The Morgan fingerprint density at radius 2 is 2.29 bits per heavy atom. The molecule has 1 aliphatic carbocycles. The molecule has 0 atom stereocenters. The Morgan fingerprint density at radius 1 is 1.47 bits per heavy atom. The van der Waals surface area contributed by atoms with E-state index in [1.807, 2.05) is 31.2 Å². The fourth-order valence-corrected chi connectivity index (χ4v) is 1.55. The summed E-state index contributed by atoms with van der Waals surface area (Å²) in [4.78, 5) is 11.5. The van der Waals surface area contributed by atoms with Crippen molar-refractivity contribution in [1.29, 1.82) is 0 Å². The Hall–Kier alpha value is -1.71. The van der Waals surface area contributed by atoms with Gasteiger partial charge in [0.05, 0.1) is 13.2 Å². The molecule has 2 rings (SSSR count). The molecule has 1 aromatic carbocycles. The van der Waals surface area contributed by atoms with Gasteiger partial charge in [0.15, 0.2) is 0 Å². The first kappa shape index (κ1) is 11.8. The van der Waals surface area contributed by atoms with E-state index >= 15 is 0 Å². The number of rotatable bonds is 6. The summed E-state index contributed by atoms with van der Waals surface area (Å²) in [6.07, 6.45) is 2.23. The van der Waals surface area contributed by atoms with Gasteiger partial charge in [0, 0.05) is 17.8 Å². The van der Waals surface area contributed by atoms with Crippen molar-refractivity contribution in [2.45, 2.75) is 25.8 Å². The normalized spacial score (nSPS) is 14.2. The molecule has 1 fully saturated rings. The lowest BCUT2D eigenvalue weighted by molar-refractivity contribution is -0.119. The van der Waals surface area contributed by atoms with Crippen LogP contribution in [0.25, 0.3) is 0 Å². The summed E-state index contributed by atoms with van der Waals surface area (Å²) < 4.78 is 5.39. The summed E-state index contributed by atoms with van der Waals surface area (Å²) in [6.45, 7) is 2.90. The summed E-state index contributed by atoms with van der Waals surface area (Å²) in [5.74, 6) is 0.870. The van der Waals surface area contributed by atoms with E-state index in [0.717, 1.165) is 24.3 Å². The average molecular weight is 234 g/mol. The van der Waals surface area contributed by atoms with Gasteiger partial charge in [0.2, 0.25) is 5.91 Å². The smallest absolute Gasteiger partial charge is 0.239 e. The van der Waals surface area contributed by atoms with E-state index < -0.39 is 0 Å². The first-order valence-corrected chi connectivity index (χ1v) is 6.04. The second-order valence-electron chi connectivity index (χ2n) is 4.16. The molecule has 1 amide bonds. The topological polar surface area (TPSA) is 50.4 Å². The maximum Gasteiger partial charge on any atom is 0.239 e. The highest BCUT2D eigenvalue weighted by atomic mass is 16.5. The number of benzene rings is 1. The molecule has 0 radical (unpaired) electrons. The van der Waals surface area contributed by atoms with E-state index in [1.54, 1.807) is 0 Å². The third-order valence-electron chi connectivity index (χ3n) is 2.54. The highest BCUT2D eigenvalue weighted by molar-refractivity contribution is 5.81. The number of ether oxygens (including phenoxy) is 1. The predicted molar refractivity (Wildman–Crippen MR) is 67.3 cm³/mol. The van der Waals surface area contributed by atoms with Crippen LogP contribution in [-0.4, -0.2) is 25.1 Å². The van der Waals surface area contributed by atoms with Crippen molar-refractivity contribution in [1.82, 2.24) is 5.32 Å². The van der Waals surface area contributed by atoms with Crippen molar-refractivity contribution in [2.24, 2.45) is 0 Å². The maximum atomic E-state index is 11.5. The monoisotopic (exact) mass is 234 g/mol. The zero-order valence-corrected chi connectivity index (χ0v) is 10.0. The fourth-order valence-electron chi connectivity index (χ4n) is 1.55. The maximum absolute atomic E-state index is 11.5. The SMILES string of the molecule is CCOc1cccc(NCC(=O)NC2CC2)c1. The molecule has 1 aromatic rings. The van der Waals surface area contributed by atoms with E-state index in [4.69, 9.17) is 4.74 Å². The van der Waals surface area contributed by atoms with E-state index in [1.165, 1.54) is 0 Å². The predicted octanol–water partition coefficient (Wildman–Crippen LogP) is 1.78. The van der Waals surface area contributed by atoms with Crippen LogP contribution >= 0.6 is 0 Å². The van der Waals surface area contributed by atoms with Crippen molar-refractivity contribution >= 4 is 11.6 Å². The van der Waals surface area contributed by atoms with Crippen LogP contribution in [0.1, 0.15) is 19.8 Å².